The number of rotatable bonds is 4. The predicted molar refractivity (Wildman–Crippen MR) is 98.7 cm³/mol. The Bertz CT molecular complexity index is 1050. The van der Waals surface area contributed by atoms with Crippen molar-refractivity contribution in [2.24, 2.45) is 0 Å². The number of aromatic nitrogens is 5. The largest absolute Gasteiger partial charge is 0.366 e. The number of pyridine rings is 2. The average molecular weight is 332 g/mol. The van der Waals surface area contributed by atoms with E-state index in [9.17, 15) is 0 Å². The summed E-state index contributed by atoms with van der Waals surface area (Å²) in [5.41, 5.74) is 5.86. The lowest BCUT2D eigenvalue weighted by Crippen LogP contribution is -2.07. The minimum absolute atomic E-state index is 0.678. The Morgan fingerprint density at radius 3 is 2.80 bits per heavy atom. The maximum absolute atomic E-state index is 4.80. The summed E-state index contributed by atoms with van der Waals surface area (Å²) in [6.45, 7) is 6.86. The van der Waals surface area contributed by atoms with E-state index in [0.717, 1.165) is 51.4 Å². The molecule has 25 heavy (non-hydrogen) atoms. The molecule has 6 nitrogen and oxygen atoms in total. The first-order chi connectivity index (χ1) is 12.2. The van der Waals surface area contributed by atoms with Crippen LogP contribution in [0.4, 0.5) is 5.82 Å². The molecule has 4 rings (SSSR count). The lowest BCUT2D eigenvalue weighted by Gasteiger charge is -2.10. The van der Waals surface area contributed by atoms with Crippen molar-refractivity contribution in [3.8, 4) is 0 Å². The zero-order chi connectivity index (χ0) is 17.4. The second-order valence-electron chi connectivity index (χ2n) is 6.22. The summed E-state index contributed by atoms with van der Waals surface area (Å²) in [6.07, 6.45) is 4.50. The Labute approximate surface area is 146 Å². The molecule has 126 valence electrons. The molecule has 4 aromatic heterocycles. The monoisotopic (exact) mass is 332 g/mol. The maximum atomic E-state index is 4.80. The highest BCUT2D eigenvalue weighted by molar-refractivity contribution is 5.93. The van der Waals surface area contributed by atoms with Gasteiger partial charge in [-0.2, -0.15) is 4.52 Å². The summed E-state index contributed by atoms with van der Waals surface area (Å²) < 4.78 is 1.86. The molecule has 0 saturated carbocycles. The molecule has 1 N–H and O–H groups in total. The molecule has 0 amide bonds. The van der Waals surface area contributed by atoms with E-state index >= 15 is 0 Å². The van der Waals surface area contributed by atoms with Gasteiger partial charge in [-0.25, -0.2) is 9.97 Å². The molecular formula is C19H20N6. The Kier molecular flexibility index (Phi) is 3.80. The standard InChI is InChI=1S/C19H20N6/c1-4-15-9-16(21-11-14-6-5-7-20-10-14)25-19(23-15)17-12(2)8-13(3)22-18(17)24-25/h5-10,21H,4,11H2,1-3H3. The van der Waals surface area contributed by atoms with Gasteiger partial charge in [0.15, 0.2) is 11.3 Å². The van der Waals surface area contributed by atoms with Gasteiger partial charge in [0.2, 0.25) is 0 Å². The normalized spacial score (nSPS) is 11.3. The Morgan fingerprint density at radius 2 is 2.04 bits per heavy atom. The molecule has 6 heteroatoms. The highest BCUT2D eigenvalue weighted by atomic mass is 15.3. The summed E-state index contributed by atoms with van der Waals surface area (Å²) in [6, 6.07) is 8.12. The summed E-state index contributed by atoms with van der Waals surface area (Å²) >= 11 is 0. The van der Waals surface area contributed by atoms with Crippen molar-refractivity contribution in [2.45, 2.75) is 33.7 Å². The van der Waals surface area contributed by atoms with Crippen molar-refractivity contribution in [3.05, 3.63) is 59.2 Å². The Balaban J connectivity index is 1.86. The Hall–Kier alpha value is -3.02. The minimum Gasteiger partial charge on any atom is -0.366 e. The molecule has 0 aliphatic rings. The van der Waals surface area contributed by atoms with E-state index in [1.165, 1.54) is 0 Å². The molecule has 0 fully saturated rings. The molecular weight excluding hydrogens is 312 g/mol. The van der Waals surface area contributed by atoms with Crippen LogP contribution in [0.25, 0.3) is 16.7 Å². The van der Waals surface area contributed by atoms with Crippen molar-refractivity contribution in [1.29, 1.82) is 0 Å². The summed E-state index contributed by atoms with van der Waals surface area (Å²) in [7, 11) is 0. The van der Waals surface area contributed by atoms with E-state index in [1.807, 2.05) is 29.8 Å². The number of hydrogen-bond donors (Lipinski definition) is 1. The van der Waals surface area contributed by atoms with Gasteiger partial charge in [-0.05, 0) is 43.5 Å². The third-order valence-corrected chi connectivity index (χ3v) is 4.28. The third-order valence-electron chi connectivity index (χ3n) is 4.28. The second-order valence-corrected chi connectivity index (χ2v) is 6.22. The van der Waals surface area contributed by atoms with Crippen molar-refractivity contribution in [1.82, 2.24) is 24.6 Å². The molecule has 0 unspecified atom stereocenters. The summed E-state index contributed by atoms with van der Waals surface area (Å²) in [5.74, 6) is 0.917. The van der Waals surface area contributed by atoms with Crippen molar-refractivity contribution in [3.63, 3.8) is 0 Å². The first kappa shape index (κ1) is 15.5. The van der Waals surface area contributed by atoms with Crippen LogP contribution in [0, 0.1) is 13.8 Å². The second kappa shape index (κ2) is 6.12. The topological polar surface area (TPSA) is 68.0 Å². The van der Waals surface area contributed by atoms with Gasteiger partial charge in [-0.3, -0.25) is 4.98 Å². The number of hydrogen-bond acceptors (Lipinski definition) is 5. The van der Waals surface area contributed by atoms with Crippen LogP contribution in [0.15, 0.2) is 36.7 Å². The molecule has 0 aromatic carbocycles. The van der Waals surface area contributed by atoms with E-state index in [0.29, 0.717) is 6.54 Å². The van der Waals surface area contributed by atoms with Crippen LogP contribution in [0.2, 0.25) is 0 Å². The molecule has 0 aliphatic carbocycles. The van der Waals surface area contributed by atoms with Gasteiger partial charge in [-0.1, -0.05) is 13.0 Å². The predicted octanol–water partition coefficient (Wildman–Crippen LogP) is 3.46. The van der Waals surface area contributed by atoms with Crippen LogP contribution in [0.3, 0.4) is 0 Å². The van der Waals surface area contributed by atoms with E-state index in [2.05, 4.69) is 46.4 Å². The first-order valence-corrected chi connectivity index (χ1v) is 8.45. The van der Waals surface area contributed by atoms with Gasteiger partial charge in [0.05, 0.1) is 5.39 Å². The average Bonchev–Trinajstić information content (AvgIpc) is 2.98. The zero-order valence-electron chi connectivity index (χ0n) is 14.6. The van der Waals surface area contributed by atoms with Crippen molar-refractivity contribution >= 4 is 22.5 Å². The van der Waals surface area contributed by atoms with Crippen LogP contribution in [-0.2, 0) is 13.0 Å². The van der Waals surface area contributed by atoms with Gasteiger partial charge < -0.3 is 5.32 Å². The molecule has 0 radical (unpaired) electrons. The van der Waals surface area contributed by atoms with Crippen LogP contribution < -0.4 is 5.32 Å². The van der Waals surface area contributed by atoms with Gasteiger partial charge in [-0.15, -0.1) is 5.10 Å². The molecule has 0 saturated heterocycles. The fraction of sp³-hybridized carbons (Fsp3) is 0.263. The van der Waals surface area contributed by atoms with Gasteiger partial charge in [0.25, 0.3) is 0 Å². The van der Waals surface area contributed by atoms with Gasteiger partial charge >= 0.3 is 0 Å². The fourth-order valence-corrected chi connectivity index (χ4v) is 3.07. The maximum Gasteiger partial charge on any atom is 0.184 e. The van der Waals surface area contributed by atoms with E-state index in [-0.39, 0.29) is 0 Å². The summed E-state index contributed by atoms with van der Waals surface area (Å²) in [4.78, 5) is 13.5. The van der Waals surface area contributed by atoms with E-state index in [1.54, 1.807) is 6.20 Å². The van der Waals surface area contributed by atoms with Crippen LogP contribution in [0.5, 0.6) is 0 Å². The van der Waals surface area contributed by atoms with Crippen molar-refractivity contribution < 1.29 is 0 Å². The van der Waals surface area contributed by atoms with Crippen molar-refractivity contribution in [2.75, 3.05) is 5.32 Å². The molecule has 0 spiro atoms. The lowest BCUT2D eigenvalue weighted by molar-refractivity contribution is 0.906. The zero-order valence-corrected chi connectivity index (χ0v) is 14.6. The number of anilines is 1. The SMILES string of the molecule is CCc1cc(NCc2cccnc2)n2nc3nc(C)cc(C)c3c2n1. The fourth-order valence-electron chi connectivity index (χ4n) is 3.07. The highest BCUT2D eigenvalue weighted by Crippen LogP contribution is 2.25. The molecule has 4 heterocycles. The lowest BCUT2D eigenvalue weighted by atomic mass is 10.2. The Morgan fingerprint density at radius 1 is 1.16 bits per heavy atom. The van der Waals surface area contributed by atoms with E-state index in [4.69, 9.17) is 4.98 Å². The van der Waals surface area contributed by atoms with Gasteiger partial charge in [0, 0.05) is 36.4 Å². The van der Waals surface area contributed by atoms with Crippen LogP contribution >= 0.6 is 0 Å². The summed E-state index contributed by atoms with van der Waals surface area (Å²) in [5, 5.41) is 9.17. The quantitative estimate of drug-likeness (QED) is 0.620. The molecule has 0 aliphatic heterocycles. The van der Waals surface area contributed by atoms with Crippen LogP contribution in [-0.4, -0.2) is 24.6 Å². The number of aryl methyl sites for hydroxylation is 3. The number of nitrogens with one attached hydrogen (secondary N) is 1. The molecule has 4 aromatic rings. The van der Waals surface area contributed by atoms with Crippen LogP contribution in [0.1, 0.15) is 29.4 Å². The highest BCUT2D eigenvalue weighted by Gasteiger charge is 2.15. The van der Waals surface area contributed by atoms with Gasteiger partial charge in [0.1, 0.15) is 5.82 Å². The smallest absolute Gasteiger partial charge is 0.184 e. The van der Waals surface area contributed by atoms with E-state index < -0.39 is 0 Å². The molecule has 0 atom stereocenters. The molecule has 0 bridgehead atoms. The number of fused-ring (bicyclic) bond motifs is 3. The minimum atomic E-state index is 0.678. The third kappa shape index (κ3) is 2.80. The number of nitrogens with zero attached hydrogens (tertiary/aromatic N) is 5. The first-order valence-electron chi connectivity index (χ1n) is 8.45.